The third-order valence-electron chi connectivity index (χ3n) is 4.00. The third kappa shape index (κ3) is 3.31. The number of halogens is 1. The molecule has 2 N–H and O–H groups in total. The lowest BCUT2D eigenvalue weighted by molar-refractivity contribution is 0.0920. The molecule has 0 spiro atoms. The summed E-state index contributed by atoms with van der Waals surface area (Å²) < 4.78 is 1.66. The van der Waals surface area contributed by atoms with E-state index >= 15 is 0 Å². The van der Waals surface area contributed by atoms with Gasteiger partial charge in [-0.05, 0) is 44.5 Å². The Morgan fingerprint density at radius 2 is 2.36 bits per heavy atom. The van der Waals surface area contributed by atoms with Crippen LogP contribution in [0.25, 0.3) is 5.69 Å². The van der Waals surface area contributed by atoms with Gasteiger partial charge in [-0.2, -0.15) is 5.10 Å². The molecule has 0 saturated carbocycles. The van der Waals surface area contributed by atoms with E-state index < -0.39 is 0 Å². The number of carbonyl (C=O) groups is 1. The highest BCUT2D eigenvalue weighted by atomic mass is 35.5. The first-order chi connectivity index (χ1) is 10.6. The number of nitrogens with one attached hydrogen (secondary N) is 2. The van der Waals surface area contributed by atoms with Crippen LogP contribution in [0.15, 0.2) is 36.7 Å². The van der Waals surface area contributed by atoms with Gasteiger partial charge >= 0.3 is 0 Å². The van der Waals surface area contributed by atoms with E-state index in [1.54, 1.807) is 23.1 Å². The van der Waals surface area contributed by atoms with Crippen molar-refractivity contribution in [3.05, 3.63) is 47.2 Å². The van der Waals surface area contributed by atoms with Gasteiger partial charge in [-0.1, -0.05) is 17.7 Å². The molecule has 1 aromatic carbocycles. The van der Waals surface area contributed by atoms with Gasteiger partial charge in [0.05, 0.1) is 17.4 Å². The lowest BCUT2D eigenvalue weighted by Gasteiger charge is -2.30. The van der Waals surface area contributed by atoms with Crippen LogP contribution in [0.5, 0.6) is 0 Å². The molecular formula is C16H19ClN4O. The maximum atomic E-state index is 12.4. The molecule has 1 aliphatic heterocycles. The largest absolute Gasteiger partial charge is 0.348 e. The van der Waals surface area contributed by atoms with Crippen LogP contribution in [-0.4, -0.2) is 34.3 Å². The molecule has 1 saturated heterocycles. The molecule has 1 aromatic heterocycles. The summed E-state index contributed by atoms with van der Waals surface area (Å²) >= 11 is 5.98. The lowest BCUT2D eigenvalue weighted by Crippen LogP contribution is -2.51. The van der Waals surface area contributed by atoms with Crippen molar-refractivity contribution in [3.8, 4) is 5.69 Å². The van der Waals surface area contributed by atoms with E-state index in [-0.39, 0.29) is 11.9 Å². The summed E-state index contributed by atoms with van der Waals surface area (Å²) in [6.45, 7) is 3.11. The Morgan fingerprint density at radius 1 is 1.50 bits per heavy atom. The van der Waals surface area contributed by atoms with Crippen molar-refractivity contribution in [1.29, 1.82) is 0 Å². The van der Waals surface area contributed by atoms with Gasteiger partial charge in [0.1, 0.15) is 0 Å². The number of piperidine rings is 1. The summed E-state index contributed by atoms with van der Waals surface area (Å²) in [5.41, 5.74) is 1.39. The average Bonchev–Trinajstić information content (AvgIpc) is 2.99. The fourth-order valence-electron chi connectivity index (χ4n) is 2.69. The molecule has 2 unspecified atom stereocenters. The first-order valence-corrected chi connectivity index (χ1v) is 7.86. The van der Waals surface area contributed by atoms with E-state index in [0.717, 1.165) is 25.1 Å². The molecule has 1 amide bonds. The highest BCUT2D eigenvalue weighted by Crippen LogP contribution is 2.15. The van der Waals surface area contributed by atoms with Crippen molar-refractivity contribution in [2.24, 2.45) is 0 Å². The predicted molar refractivity (Wildman–Crippen MR) is 86.5 cm³/mol. The van der Waals surface area contributed by atoms with Gasteiger partial charge in [-0.15, -0.1) is 0 Å². The second kappa shape index (κ2) is 6.50. The van der Waals surface area contributed by atoms with Crippen molar-refractivity contribution in [2.45, 2.75) is 31.8 Å². The van der Waals surface area contributed by atoms with E-state index in [1.807, 2.05) is 18.2 Å². The van der Waals surface area contributed by atoms with Crippen LogP contribution < -0.4 is 10.6 Å². The van der Waals surface area contributed by atoms with E-state index in [4.69, 9.17) is 11.6 Å². The van der Waals surface area contributed by atoms with Gasteiger partial charge in [0.2, 0.25) is 0 Å². The molecule has 3 rings (SSSR count). The third-order valence-corrected chi connectivity index (χ3v) is 4.23. The van der Waals surface area contributed by atoms with Gasteiger partial charge in [-0.3, -0.25) is 4.79 Å². The summed E-state index contributed by atoms with van der Waals surface area (Å²) in [6, 6.07) is 7.82. The molecule has 0 aliphatic carbocycles. The summed E-state index contributed by atoms with van der Waals surface area (Å²) in [4.78, 5) is 12.4. The zero-order valence-electron chi connectivity index (χ0n) is 12.4. The SMILES string of the molecule is CC1NCCCC1NC(=O)c1cnn(-c2cccc(Cl)c2)c1. The maximum Gasteiger partial charge on any atom is 0.254 e. The quantitative estimate of drug-likeness (QED) is 0.913. The summed E-state index contributed by atoms with van der Waals surface area (Å²) in [5, 5.41) is 11.3. The summed E-state index contributed by atoms with van der Waals surface area (Å²) in [6.07, 6.45) is 5.39. The van der Waals surface area contributed by atoms with E-state index in [1.165, 1.54) is 0 Å². The Morgan fingerprint density at radius 3 is 3.14 bits per heavy atom. The van der Waals surface area contributed by atoms with Gasteiger partial charge < -0.3 is 10.6 Å². The standard InChI is InChI=1S/C16H19ClN4O/c1-11-15(6-3-7-18-11)20-16(22)12-9-19-21(10-12)14-5-2-4-13(17)8-14/h2,4-5,8-11,15,18H,3,6-7H2,1H3,(H,20,22). The molecule has 2 heterocycles. The summed E-state index contributed by atoms with van der Waals surface area (Å²) in [5.74, 6) is -0.0890. The molecule has 2 aromatic rings. The van der Waals surface area contributed by atoms with Crippen LogP contribution in [0.4, 0.5) is 0 Å². The minimum Gasteiger partial charge on any atom is -0.348 e. The van der Waals surface area contributed by atoms with Crippen LogP contribution in [-0.2, 0) is 0 Å². The van der Waals surface area contributed by atoms with E-state index in [0.29, 0.717) is 16.6 Å². The number of benzene rings is 1. The number of aromatic nitrogens is 2. The van der Waals surface area contributed by atoms with Gasteiger partial charge in [0, 0.05) is 23.3 Å². The molecule has 1 aliphatic rings. The van der Waals surface area contributed by atoms with Crippen LogP contribution in [0, 0.1) is 0 Å². The number of rotatable bonds is 3. The van der Waals surface area contributed by atoms with Crippen molar-refractivity contribution in [3.63, 3.8) is 0 Å². The van der Waals surface area contributed by atoms with E-state index in [9.17, 15) is 4.79 Å². The second-order valence-electron chi connectivity index (χ2n) is 5.62. The number of nitrogens with zero attached hydrogens (tertiary/aromatic N) is 2. The average molecular weight is 319 g/mol. The summed E-state index contributed by atoms with van der Waals surface area (Å²) in [7, 11) is 0. The van der Waals surface area contributed by atoms with Crippen molar-refractivity contribution >= 4 is 17.5 Å². The number of hydrogen-bond acceptors (Lipinski definition) is 3. The molecule has 0 bridgehead atoms. The van der Waals surface area contributed by atoms with Gasteiger partial charge in [-0.25, -0.2) is 4.68 Å². The van der Waals surface area contributed by atoms with Crippen molar-refractivity contribution in [2.75, 3.05) is 6.54 Å². The Kier molecular flexibility index (Phi) is 4.45. The number of carbonyl (C=O) groups excluding carboxylic acids is 1. The molecular weight excluding hydrogens is 300 g/mol. The fourth-order valence-corrected chi connectivity index (χ4v) is 2.88. The number of amides is 1. The van der Waals surface area contributed by atoms with Crippen molar-refractivity contribution in [1.82, 2.24) is 20.4 Å². The molecule has 22 heavy (non-hydrogen) atoms. The minimum atomic E-state index is -0.0890. The molecule has 5 nitrogen and oxygen atoms in total. The van der Waals surface area contributed by atoms with Crippen molar-refractivity contribution < 1.29 is 4.79 Å². The van der Waals surface area contributed by atoms with Gasteiger partial charge in [0.15, 0.2) is 0 Å². The smallest absolute Gasteiger partial charge is 0.254 e. The Bertz CT molecular complexity index is 670. The molecule has 1 fully saturated rings. The monoisotopic (exact) mass is 318 g/mol. The first kappa shape index (κ1) is 15.1. The lowest BCUT2D eigenvalue weighted by atomic mass is 10.00. The molecule has 116 valence electrons. The van der Waals surface area contributed by atoms with Crippen LogP contribution in [0.3, 0.4) is 0 Å². The van der Waals surface area contributed by atoms with Crippen LogP contribution in [0.1, 0.15) is 30.1 Å². The first-order valence-electron chi connectivity index (χ1n) is 7.48. The maximum absolute atomic E-state index is 12.4. The molecule has 6 heteroatoms. The van der Waals surface area contributed by atoms with Gasteiger partial charge in [0.25, 0.3) is 5.91 Å². The van der Waals surface area contributed by atoms with E-state index in [2.05, 4.69) is 22.7 Å². The highest BCUT2D eigenvalue weighted by molar-refractivity contribution is 6.30. The van der Waals surface area contributed by atoms with Crippen LogP contribution >= 0.6 is 11.6 Å². The topological polar surface area (TPSA) is 58.9 Å². The molecule has 2 atom stereocenters. The zero-order chi connectivity index (χ0) is 15.5. The highest BCUT2D eigenvalue weighted by Gasteiger charge is 2.23. The number of hydrogen-bond donors (Lipinski definition) is 2. The zero-order valence-corrected chi connectivity index (χ0v) is 13.2. The Labute approximate surface area is 134 Å². The Hall–Kier alpha value is -1.85. The van der Waals surface area contributed by atoms with Crippen LogP contribution in [0.2, 0.25) is 5.02 Å². The second-order valence-corrected chi connectivity index (χ2v) is 6.05. The minimum absolute atomic E-state index is 0.0890. The fraction of sp³-hybridized carbons (Fsp3) is 0.375. The normalized spacial score (nSPS) is 21.5. The Balaban J connectivity index is 1.71. The molecule has 0 radical (unpaired) electrons. The predicted octanol–water partition coefficient (Wildman–Crippen LogP) is 2.40.